The lowest BCUT2D eigenvalue weighted by Crippen LogP contribution is -2.44. The molecular weight excluding hydrogens is 272 g/mol. The molecule has 1 unspecified atom stereocenters. The summed E-state index contributed by atoms with van der Waals surface area (Å²) in [6.07, 6.45) is 0. The molecule has 0 saturated carbocycles. The zero-order valence-electron chi connectivity index (χ0n) is 10.2. The van der Waals surface area contributed by atoms with Crippen LogP contribution in [-0.4, -0.2) is 23.6 Å². The van der Waals surface area contributed by atoms with E-state index in [4.69, 9.17) is 11.6 Å². The van der Waals surface area contributed by atoms with Crippen molar-refractivity contribution in [2.75, 3.05) is 11.1 Å². The summed E-state index contributed by atoms with van der Waals surface area (Å²) < 4.78 is 0. The minimum Gasteiger partial charge on any atom is -0.344 e. The number of thiol groups is 1. The van der Waals surface area contributed by atoms with Crippen LogP contribution in [0.3, 0.4) is 0 Å². The largest absolute Gasteiger partial charge is 0.344 e. The summed E-state index contributed by atoms with van der Waals surface area (Å²) in [5.41, 5.74) is 1.52. The minimum atomic E-state index is -0.661. The molecule has 0 bridgehead atoms. The quantitative estimate of drug-likeness (QED) is 0.742. The summed E-state index contributed by atoms with van der Waals surface area (Å²) in [4.78, 5) is 22.8. The number of anilines is 1. The third-order valence-electron chi connectivity index (χ3n) is 2.32. The molecule has 1 rings (SSSR count). The van der Waals surface area contributed by atoms with E-state index in [0.29, 0.717) is 10.7 Å². The van der Waals surface area contributed by atoms with Gasteiger partial charge in [0.1, 0.15) is 6.04 Å². The Labute approximate surface area is 117 Å². The molecule has 1 atom stereocenters. The van der Waals surface area contributed by atoms with Crippen LogP contribution in [0, 0.1) is 6.92 Å². The van der Waals surface area contributed by atoms with Crippen molar-refractivity contribution < 1.29 is 9.59 Å². The van der Waals surface area contributed by atoms with E-state index in [9.17, 15) is 9.59 Å². The van der Waals surface area contributed by atoms with Gasteiger partial charge in [-0.25, -0.2) is 0 Å². The van der Waals surface area contributed by atoms with Crippen LogP contribution >= 0.6 is 24.2 Å². The Bertz CT molecular complexity index is 465. The van der Waals surface area contributed by atoms with Gasteiger partial charge in [-0.3, -0.25) is 9.59 Å². The van der Waals surface area contributed by atoms with Gasteiger partial charge in [-0.15, -0.1) is 0 Å². The number of hydrogen-bond acceptors (Lipinski definition) is 3. The zero-order valence-corrected chi connectivity index (χ0v) is 11.8. The SMILES string of the molecule is CC(=O)NC(CS)C(=O)Nc1ccc(C)c(Cl)c1. The summed E-state index contributed by atoms with van der Waals surface area (Å²) in [5.74, 6) is -0.364. The van der Waals surface area contributed by atoms with E-state index in [1.807, 2.05) is 13.0 Å². The van der Waals surface area contributed by atoms with Gasteiger partial charge in [-0.05, 0) is 24.6 Å². The second-order valence-electron chi connectivity index (χ2n) is 3.89. The molecule has 0 aromatic heterocycles. The highest BCUT2D eigenvalue weighted by Crippen LogP contribution is 2.20. The zero-order chi connectivity index (χ0) is 13.7. The summed E-state index contributed by atoms with van der Waals surface area (Å²) in [6.45, 7) is 3.23. The Kier molecular flexibility index (Phi) is 5.50. The van der Waals surface area contributed by atoms with Crippen LogP contribution in [-0.2, 0) is 9.59 Å². The Balaban J connectivity index is 2.73. The molecule has 0 fully saturated rings. The van der Waals surface area contributed by atoms with Gasteiger partial charge in [-0.1, -0.05) is 17.7 Å². The first kappa shape index (κ1) is 14.9. The number of hydrogen-bond donors (Lipinski definition) is 3. The molecule has 0 aliphatic carbocycles. The van der Waals surface area contributed by atoms with Crippen molar-refractivity contribution in [3.05, 3.63) is 28.8 Å². The van der Waals surface area contributed by atoms with E-state index in [1.165, 1.54) is 6.92 Å². The molecule has 1 aromatic carbocycles. The lowest BCUT2D eigenvalue weighted by molar-refractivity contribution is -0.124. The van der Waals surface area contributed by atoms with Crippen molar-refractivity contribution in [2.24, 2.45) is 0 Å². The Morgan fingerprint density at radius 2 is 2.11 bits per heavy atom. The molecule has 0 heterocycles. The first-order chi connectivity index (χ1) is 8.43. The lowest BCUT2D eigenvalue weighted by Gasteiger charge is -2.15. The minimum absolute atomic E-state index is 0.227. The normalized spacial score (nSPS) is 11.8. The highest BCUT2D eigenvalue weighted by atomic mass is 35.5. The highest BCUT2D eigenvalue weighted by molar-refractivity contribution is 7.80. The van der Waals surface area contributed by atoms with Crippen LogP contribution < -0.4 is 10.6 Å². The average molecular weight is 287 g/mol. The molecule has 0 saturated heterocycles. The average Bonchev–Trinajstić information content (AvgIpc) is 2.30. The van der Waals surface area contributed by atoms with Crippen LogP contribution in [0.4, 0.5) is 5.69 Å². The molecule has 2 N–H and O–H groups in total. The van der Waals surface area contributed by atoms with E-state index in [1.54, 1.807) is 12.1 Å². The molecule has 0 aliphatic rings. The highest BCUT2D eigenvalue weighted by Gasteiger charge is 2.17. The predicted molar refractivity (Wildman–Crippen MR) is 76.3 cm³/mol. The predicted octanol–water partition coefficient (Wildman–Crippen LogP) is 2.02. The van der Waals surface area contributed by atoms with Crippen LogP contribution in [0.2, 0.25) is 5.02 Å². The number of aryl methyl sites for hydroxylation is 1. The van der Waals surface area contributed by atoms with E-state index in [0.717, 1.165) is 5.56 Å². The van der Waals surface area contributed by atoms with Gasteiger partial charge in [0, 0.05) is 23.4 Å². The number of benzene rings is 1. The van der Waals surface area contributed by atoms with Crippen molar-refractivity contribution in [1.29, 1.82) is 0 Å². The molecule has 0 spiro atoms. The van der Waals surface area contributed by atoms with Crippen LogP contribution in [0.5, 0.6) is 0 Å². The van der Waals surface area contributed by atoms with Gasteiger partial charge in [0.05, 0.1) is 0 Å². The number of amides is 2. The van der Waals surface area contributed by atoms with E-state index >= 15 is 0 Å². The second kappa shape index (κ2) is 6.66. The van der Waals surface area contributed by atoms with Crippen molar-refractivity contribution in [1.82, 2.24) is 5.32 Å². The topological polar surface area (TPSA) is 58.2 Å². The van der Waals surface area contributed by atoms with E-state index < -0.39 is 6.04 Å². The molecule has 2 amide bonds. The lowest BCUT2D eigenvalue weighted by atomic mass is 10.2. The van der Waals surface area contributed by atoms with Crippen LogP contribution in [0.1, 0.15) is 12.5 Å². The fourth-order valence-electron chi connectivity index (χ4n) is 1.34. The number of halogens is 1. The van der Waals surface area contributed by atoms with Gasteiger partial charge < -0.3 is 10.6 Å². The third-order valence-corrected chi connectivity index (χ3v) is 3.09. The van der Waals surface area contributed by atoms with Gasteiger partial charge in [0.25, 0.3) is 0 Å². The van der Waals surface area contributed by atoms with Crippen molar-refractivity contribution >= 4 is 41.7 Å². The maximum atomic E-state index is 11.9. The smallest absolute Gasteiger partial charge is 0.247 e. The maximum absolute atomic E-state index is 11.9. The summed E-state index contributed by atoms with van der Waals surface area (Å²) in [7, 11) is 0. The summed E-state index contributed by atoms with van der Waals surface area (Å²) >= 11 is 9.99. The number of rotatable bonds is 4. The molecule has 6 heteroatoms. The Morgan fingerprint density at radius 1 is 1.44 bits per heavy atom. The van der Waals surface area contributed by atoms with Crippen molar-refractivity contribution in [3.8, 4) is 0 Å². The standard InChI is InChI=1S/C12H15ClN2O2S/c1-7-3-4-9(5-10(7)13)15-12(17)11(6-18)14-8(2)16/h3-5,11,18H,6H2,1-2H3,(H,14,16)(H,15,17). The molecule has 98 valence electrons. The fraction of sp³-hybridized carbons (Fsp3) is 0.333. The number of carbonyl (C=O) groups is 2. The number of nitrogens with one attached hydrogen (secondary N) is 2. The maximum Gasteiger partial charge on any atom is 0.247 e. The molecule has 0 aliphatic heterocycles. The van der Waals surface area contributed by atoms with E-state index in [-0.39, 0.29) is 17.6 Å². The third kappa shape index (κ3) is 4.23. The summed E-state index contributed by atoms with van der Waals surface area (Å²) in [5, 5.41) is 5.77. The Morgan fingerprint density at radius 3 is 2.61 bits per heavy atom. The molecule has 1 aromatic rings. The second-order valence-corrected chi connectivity index (χ2v) is 4.66. The monoisotopic (exact) mass is 286 g/mol. The number of carbonyl (C=O) groups excluding carboxylic acids is 2. The van der Waals surface area contributed by atoms with Gasteiger partial charge in [0.2, 0.25) is 11.8 Å². The van der Waals surface area contributed by atoms with Gasteiger partial charge in [0.15, 0.2) is 0 Å². The Hall–Kier alpha value is -1.20. The van der Waals surface area contributed by atoms with Crippen molar-refractivity contribution in [3.63, 3.8) is 0 Å². The van der Waals surface area contributed by atoms with Gasteiger partial charge >= 0.3 is 0 Å². The van der Waals surface area contributed by atoms with E-state index in [2.05, 4.69) is 23.3 Å². The van der Waals surface area contributed by atoms with Crippen molar-refractivity contribution in [2.45, 2.75) is 19.9 Å². The fourth-order valence-corrected chi connectivity index (χ4v) is 1.78. The van der Waals surface area contributed by atoms with Crippen LogP contribution in [0.15, 0.2) is 18.2 Å². The van der Waals surface area contributed by atoms with Gasteiger partial charge in [-0.2, -0.15) is 12.6 Å². The molecular formula is C12H15ClN2O2S. The first-order valence-electron chi connectivity index (χ1n) is 5.39. The molecule has 18 heavy (non-hydrogen) atoms. The summed E-state index contributed by atoms with van der Waals surface area (Å²) in [6, 6.07) is 4.57. The van der Waals surface area contributed by atoms with Crippen LogP contribution in [0.25, 0.3) is 0 Å². The molecule has 0 radical (unpaired) electrons. The first-order valence-corrected chi connectivity index (χ1v) is 6.40. The molecule has 4 nitrogen and oxygen atoms in total.